The fraction of sp³-hybridized carbons (Fsp3) is 0.625. The molecule has 0 amide bonds. The summed E-state index contributed by atoms with van der Waals surface area (Å²) in [6.45, 7) is 0. The van der Waals surface area contributed by atoms with Crippen molar-refractivity contribution in [2.45, 2.75) is 56.5 Å². The second kappa shape index (κ2) is 9.03. The molecular formula is C16H17F7O3S. The number of hydrogen-bond acceptors (Lipinski definition) is 4. The van der Waals surface area contributed by atoms with E-state index in [1.54, 1.807) is 6.07 Å². The summed E-state index contributed by atoms with van der Waals surface area (Å²) in [4.78, 5) is 23.8. The fourth-order valence-electron chi connectivity index (χ4n) is 2.13. The number of Topliss-reactive ketones (excluding diaryl/α,β-unsaturated/α-hetero) is 1. The van der Waals surface area contributed by atoms with Crippen LogP contribution in [0.1, 0.15) is 46.7 Å². The van der Waals surface area contributed by atoms with E-state index in [-0.39, 0.29) is 17.3 Å². The Labute approximate surface area is 154 Å². The number of esters is 1. The zero-order valence-corrected chi connectivity index (χ0v) is 15.0. The standard InChI is InChI=1S/C16H17F7O3S/c1-26-13(25)6-2-4-10-7-8-12(27-10)11(24)5-3-9-14(17,18)15(19,20)16(21,22)23/h7-8H,2-6,9H2,1H3. The molecule has 3 nitrogen and oxygen atoms in total. The van der Waals surface area contributed by atoms with Crippen LogP contribution in [0.15, 0.2) is 12.1 Å². The summed E-state index contributed by atoms with van der Waals surface area (Å²) in [7, 11) is 1.25. The first-order valence-corrected chi connectivity index (χ1v) is 8.64. The highest BCUT2D eigenvalue weighted by Crippen LogP contribution is 2.48. The first-order chi connectivity index (χ1) is 12.3. The SMILES string of the molecule is COC(=O)CCCc1ccc(C(=O)CCCC(F)(F)C(F)(F)C(F)(F)F)s1. The maximum absolute atomic E-state index is 13.2. The van der Waals surface area contributed by atoms with Crippen LogP contribution in [0.4, 0.5) is 30.7 Å². The van der Waals surface area contributed by atoms with Crippen LogP contribution in [-0.4, -0.2) is 36.9 Å². The van der Waals surface area contributed by atoms with Gasteiger partial charge in [-0.15, -0.1) is 11.3 Å². The monoisotopic (exact) mass is 422 g/mol. The van der Waals surface area contributed by atoms with Gasteiger partial charge >= 0.3 is 24.0 Å². The molecule has 0 radical (unpaired) electrons. The Bertz CT molecular complexity index is 653. The van der Waals surface area contributed by atoms with E-state index >= 15 is 0 Å². The number of hydrogen-bond donors (Lipinski definition) is 0. The third-order valence-corrected chi connectivity index (χ3v) is 4.86. The molecule has 0 aromatic carbocycles. The van der Waals surface area contributed by atoms with Gasteiger partial charge < -0.3 is 4.74 Å². The van der Waals surface area contributed by atoms with E-state index in [1.807, 2.05) is 0 Å². The van der Waals surface area contributed by atoms with Crippen LogP contribution in [0.25, 0.3) is 0 Å². The van der Waals surface area contributed by atoms with Gasteiger partial charge in [-0.25, -0.2) is 0 Å². The molecule has 0 aliphatic heterocycles. The molecule has 0 spiro atoms. The minimum absolute atomic E-state index is 0.181. The number of ketones is 1. The summed E-state index contributed by atoms with van der Waals surface area (Å²) in [5.74, 6) is -12.5. The van der Waals surface area contributed by atoms with Crippen molar-refractivity contribution in [1.29, 1.82) is 0 Å². The summed E-state index contributed by atoms with van der Waals surface area (Å²) in [5, 5.41) is 0. The fourth-order valence-corrected chi connectivity index (χ4v) is 3.15. The summed E-state index contributed by atoms with van der Waals surface area (Å²) in [6.07, 6.45) is -8.39. The van der Waals surface area contributed by atoms with E-state index in [4.69, 9.17) is 0 Å². The van der Waals surface area contributed by atoms with E-state index in [0.29, 0.717) is 12.8 Å². The highest BCUT2D eigenvalue weighted by atomic mass is 32.1. The van der Waals surface area contributed by atoms with Crippen LogP contribution in [0.3, 0.4) is 0 Å². The van der Waals surface area contributed by atoms with Gasteiger partial charge in [0.05, 0.1) is 12.0 Å². The summed E-state index contributed by atoms with van der Waals surface area (Å²) < 4.78 is 92.5. The number of carbonyl (C=O) groups is 2. The number of thiophene rings is 1. The van der Waals surface area contributed by atoms with Gasteiger partial charge in [-0.3, -0.25) is 9.59 Å². The number of aryl methyl sites for hydroxylation is 1. The van der Waals surface area contributed by atoms with Gasteiger partial charge in [0.15, 0.2) is 5.78 Å². The molecule has 0 saturated heterocycles. The molecule has 0 aliphatic carbocycles. The van der Waals surface area contributed by atoms with Crippen molar-refractivity contribution in [2.75, 3.05) is 7.11 Å². The first-order valence-electron chi connectivity index (χ1n) is 7.83. The van der Waals surface area contributed by atoms with Gasteiger partial charge in [-0.05, 0) is 31.4 Å². The highest BCUT2D eigenvalue weighted by Gasteiger charge is 2.72. The molecule has 154 valence electrons. The minimum atomic E-state index is -6.37. The minimum Gasteiger partial charge on any atom is -0.469 e. The molecule has 1 aromatic rings. The number of methoxy groups -OCH3 is 1. The number of halogens is 7. The first kappa shape index (κ1) is 23.4. The lowest BCUT2D eigenvalue weighted by Crippen LogP contribution is -2.51. The van der Waals surface area contributed by atoms with E-state index in [1.165, 1.54) is 13.2 Å². The lowest BCUT2D eigenvalue weighted by molar-refractivity contribution is -0.355. The summed E-state index contributed by atoms with van der Waals surface area (Å²) in [6, 6.07) is 3.02. The molecule has 0 atom stereocenters. The lowest BCUT2D eigenvalue weighted by atomic mass is 10.0. The molecular weight excluding hydrogens is 405 g/mol. The Morgan fingerprint density at radius 1 is 1.00 bits per heavy atom. The predicted octanol–water partition coefficient (Wildman–Crippen LogP) is 5.43. The van der Waals surface area contributed by atoms with Crippen molar-refractivity contribution in [1.82, 2.24) is 0 Å². The Morgan fingerprint density at radius 2 is 1.63 bits per heavy atom. The third-order valence-electron chi connectivity index (χ3n) is 3.68. The summed E-state index contributed by atoms with van der Waals surface area (Å²) in [5.41, 5.74) is 0. The average Bonchev–Trinajstić information content (AvgIpc) is 3.02. The molecule has 0 saturated carbocycles. The van der Waals surface area contributed by atoms with Crippen LogP contribution in [0, 0.1) is 0 Å². The van der Waals surface area contributed by atoms with Gasteiger partial charge in [0.25, 0.3) is 0 Å². The molecule has 11 heteroatoms. The Balaban J connectivity index is 2.52. The van der Waals surface area contributed by atoms with Gasteiger partial charge in [0.1, 0.15) is 0 Å². The largest absolute Gasteiger partial charge is 0.469 e. The number of alkyl halides is 7. The molecule has 1 rings (SSSR count). The molecule has 0 bridgehead atoms. The van der Waals surface area contributed by atoms with Crippen LogP contribution in [0.2, 0.25) is 0 Å². The maximum atomic E-state index is 13.2. The van der Waals surface area contributed by atoms with E-state index in [9.17, 15) is 40.3 Å². The Kier molecular flexibility index (Phi) is 7.82. The normalized spacial score (nSPS) is 12.9. The van der Waals surface area contributed by atoms with Crippen LogP contribution in [0.5, 0.6) is 0 Å². The van der Waals surface area contributed by atoms with Crippen LogP contribution >= 0.6 is 11.3 Å². The van der Waals surface area contributed by atoms with Crippen molar-refractivity contribution >= 4 is 23.1 Å². The average molecular weight is 422 g/mol. The van der Waals surface area contributed by atoms with Gasteiger partial charge in [0, 0.05) is 24.1 Å². The van der Waals surface area contributed by atoms with Crippen molar-refractivity contribution in [2.24, 2.45) is 0 Å². The lowest BCUT2D eigenvalue weighted by Gasteiger charge is -2.28. The molecule has 27 heavy (non-hydrogen) atoms. The number of rotatable bonds is 10. The second-order valence-electron chi connectivity index (χ2n) is 5.75. The number of ether oxygens (including phenoxy) is 1. The zero-order chi connectivity index (χ0) is 20.9. The van der Waals surface area contributed by atoms with E-state index in [0.717, 1.165) is 16.2 Å². The quantitative estimate of drug-likeness (QED) is 0.287. The third kappa shape index (κ3) is 6.18. The smallest absolute Gasteiger partial charge is 0.459 e. The molecule has 0 N–H and O–H groups in total. The Morgan fingerprint density at radius 3 is 2.19 bits per heavy atom. The Hall–Kier alpha value is -1.65. The zero-order valence-electron chi connectivity index (χ0n) is 14.2. The molecule has 1 heterocycles. The van der Waals surface area contributed by atoms with Crippen LogP contribution < -0.4 is 0 Å². The highest BCUT2D eigenvalue weighted by molar-refractivity contribution is 7.14. The van der Waals surface area contributed by atoms with E-state index in [2.05, 4.69) is 4.74 Å². The predicted molar refractivity (Wildman–Crippen MR) is 83.4 cm³/mol. The molecule has 0 unspecified atom stereocenters. The van der Waals surface area contributed by atoms with E-state index < -0.39 is 43.1 Å². The second-order valence-corrected chi connectivity index (χ2v) is 6.92. The molecule has 1 aromatic heterocycles. The van der Waals surface area contributed by atoms with Gasteiger partial charge in [-0.2, -0.15) is 30.7 Å². The summed E-state index contributed by atoms with van der Waals surface area (Å²) >= 11 is 1.05. The molecule has 0 aliphatic rings. The topological polar surface area (TPSA) is 43.4 Å². The maximum Gasteiger partial charge on any atom is 0.459 e. The van der Waals surface area contributed by atoms with Crippen molar-refractivity contribution < 1.29 is 45.1 Å². The molecule has 0 fully saturated rings. The number of carbonyl (C=O) groups excluding carboxylic acids is 2. The van der Waals surface area contributed by atoms with Crippen molar-refractivity contribution in [3.63, 3.8) is 0 Å². The van der Waals surface area contributed by atoms with Gasteiger partial charge in [0.2, 0.25) is 0 Å². The van der Waals surface area contributed by atoms with Crippen molar-refractivity contribution in [3.05, 3.63) is 21.9 Å². The van der Waals surface area contributed by atoms with Crippen molar-refractivity contribution in [3.8, 4) is 0 Å². The van der Waals surface area contributed by atoms with Crippen LogP contribution in [-0.2, 0) is 16.0 Å². The van der Waals surface area contributed by atoms with Gasteiger partial charge in [-0.1, -0.05) is 0 Å².